The van der Waals surface area contributed by atoms with Crippen molar-refractivity contribution in [1.82, 2.24) is 19.8 Å². The molecule has 3 heterocycles. The molecule has 1 saturated heterocycles. The van der Waals surface area contributed by atoms with Crippen molar-refractivity contribution in [2.75, 3.05) is 26.2 Å². The summed E-state index contributed by atoms with van der Waals surface area (Å²) in [5.74, 6) is 1.68. The van der Waals surface area contributed by atoms with E-state index in [9.17, 15) is 0 Å². The number of aliphatic imine (C=N–C) groups is 1. The highest BCUT2D eigenvalue weighted by atomic mass is 127. The summed E-state index contributed by atoms with van der Waals surface area (Å²) < 4.78 is 2.25. The largest absolute Gasteiger partial charge is 0.357 e. The minimum absolute atomic E-state index is 0. The van der Waals surface area contributed by atoms with Gasteiger partial charge in [-0.05, 0) is 30.7 Å². The van der Waals surface area contributed by atoms with Crippen LogP contribution in [-0.2, 0) is 5.41 Å². The van der Waals surface area contributed by atoms with E-state index in [4.69, 9.17) is 4.99 Å². The van der Waals surface area contributed by atoms with Gasteiger partial charge in [0.25, 0.3) is 0 Å². The van der Waals surface area contributed by atoms with Crippen LogP contribution in [0.1, 0.15) is 45.0 Å². The molecule has 150 valence electrons. The van der Waals surface area contributed by atoms with Gasteiger partial charge in [-0.15, -0.1) is 35.3 Å². The van der Waals surface area contributed by atoms with Gasteiger partial charge in [0, 0.05) is 42.3 Å². The number of nitrogens with one attached hydrogen (secondary N) is 1. The lowest BCUT2D eigenvalue weighted by atomic mass is 9.91. The summed E-state index contributed by atoms with van der Waals surface area (Å²) in [5, 5.41) is 5.65. The minimum atomic E-state index is 0. The molecule has 1 aliphatic rings. The van der Waals surface area contributed by atoms with Gasteiger partial charge in [0.05, 0.1) is 18.9 Å². The molecule has 2 unspecified atom stereocenters. The van der Waals surface area contributed by atoms with Crippen molar-refractivity contribution >= 4 is 41.3 Å². The summed E-state index contributed by atoms with van der Waals surface area (Å²) in [6.07, 6.45) is 7.05. The summed E-state index contributed by atoms with van der Waals surface area (Å²) in [6, 6.07) is 4.78. The molecular weight excluding hydrogens is 469 g/mol. The van der Waals surface area contributed by atoms with Crippen LogP contribution in [-0.4, -0.2) is 46.6 Å². The number of likely N-dealkylation sites (tertiary alicyclic amines) is 1. The lowest BCUT2D eigenvalue weighted by molar-refractivity contribution is 0.188. The number of rotatable bonds is 5. The summed E-state index contributed by atoms with van der Waals surface area (Å²) in [4.78, 5) is 13.1. The van der Waals surface area contributed by atoms with Crippen LogP contribution in [0.5, 0.6) is 0 Å². The molecule has 0 amide bonds. The Bertz CT molecular complexity index is 696. The van der Waals surface area contributed by atoms with Crippen molar-refractivity contribution in [3.8, 4) is 0 Å². The Hall–Kier alpha value is -1.09. The van der Waals surface area contributed by atoms with Crippen LogP contribution in [0.3, 0.4) is 0 Å². The van der Waals surface area contributed by atoms with Gasteiger partial charge in [0.15, 0.2) is 5.96 Å². The first kappa shape index (κ1) is 22.2. The van der Waals surface area contributed by atoms with Gasteiger partial charge < -0.3 is 14.8 Å². The maximum Gasteiger partial charge on any atom is 0.194 e. The summed E-state index contributed by atoms with van der Waals surface area (Å²) >= 11 is 1.82. The lowest BCUT2D eigenvalue weighted by Gasteiger charge is -2.39. The zero-order chi connectivity index (χ0) is 18.6. The number of aromatic nitrogens is 2. The highest BCUT2D eigenvalue weighted by molar-refractivity contribution is 14.0. The first-order valence-corrected chi connectivity index (χ1v) is 10.4. The fourth-order valence-corrected chi connectivity index (χ4v) is 4.38. The number of thiophene rings is 1. The predicted molar refractivity (Wildman–Crippen MR) is 125 cm³/mol. The number of imidazole rings is 1. The number of hydrogen-bond donors (Lipinski definition) is 1. The van der Waals surface area contributed by atoms with Crippen molar-refractivity contribution in [2.45, 2.75) is 45.6 Å². The Kier molecular flexibility index (Phi) is 8.15. The van der Waals surface area contributed by atoms with Gasteiger partial charge in [-0.2, -0.15) is 0 Å². The first-order chi connectivity index (χ1) is 12.5. The van der Waals surface area contributed by atoms with Gasteiger partial charge in [-0.1, -0.05) is 26.8 Å². The Balaban J connectivity index is 0.00000261. The van der Waals surface area contributed by atoms with Crippen molar-refractivity contribution in [1.29, 1.82) is 0 Å². The van der Waals surface area contributed by atoms with Gasteiger partial charge in [-0.25, -0.2) is 4.98 Å². The molecule has 5 nitrogen and oxygen atoms in total. The third-order valence-corrected chi connectivity index (χ3v) is 6.51. The van der Waals surface area contributed by atoms with E-state index in [0.717, 1.165) is 32.1 Å². The Morgan fingerprint density at radius 2 is 2.26 bits per heavy atom. The van der Waals surface area contributed by atoms with Crippen LogP contribution in [0.25, 0.3) is 0 Å². The number of guanidine groups is 1. The third-order valence-electron chi connectivity index (χ3n) is 5.27. The average Bonchev–Trinajstić information content (AvgIpc) is 3.32. The number of hydrogen-bond acceptors (Lipinski definition) is 3. The van der Waals surface area contributed by atoms with E-state index in [-0.39, 0.29) is 29.4 Å². The standard InChI is InChI=1S/C20H31N5S.HI/c1-5-22-19(23-14-20(3,4)18-7-6-12-26-18)24-10-8-16(2)17(13-24)25-11-9-21-15-25;/h6-7,9,11-12,15-17H,5,8,10,13-14H2,1-4H3,(H,22,23);1H. The van der Waals surface area contributed by atoms with Crippen LogP contribution >= 0.6 is 35.3 Å². The maximum absolute atomic E-state index is 5.02. The molecule has 0 bridgehead atoms. The molecule has 2 aromatic heterocycles. The molecule has 1 aliphatic heterocycles. The maximum atomic E-state index is 5.02. The molecule has 0 spiro atoms. The molecule has 2 aromatic rings. The lowest BCUT2D eigenvalue weighted by Crippen LogP contribution is -2.49. The highest BCUT2D eigenvalue weighted by Crippen LogP contribution is 2.29. The van der Waals surface area contributed by atoms with Crippen molar-refractivity contribution in [2.24, 2.45) is 10.9 Å². The zero-order valence-electron chi connectivity index (χ0n) is 16.8. The highest BCUT2D eigenvalue weighted by Gasteiger charge is 2.29. The number of piperidine rings is 1. The topological polar surface area (TPSA) is 45.5 Å². The molecule has 2 atom stereocenters. The second kappa shape index (κ2) is 9.91. The van der Waals surface area contributed by atoms with E-state index in [0.29, 0.717) is 12.0 Å². The molecule has 3 rings (SSSR count). The minimum Gasteiger partial charge on any atom is -0.357 e. The molecule has 1 fully saturated rings. The molecule has 0 aliphatic carbocycles. The number of halogens is 1. The second-order valence-electron chi connectivity index (χ2n) is 7.82. The fourth-order valence-electron chi connectivity index (χ4n) is 3.53. The smallest absolute Gasteiger partial charge is 0.194 e. The van der Waals surface area contributed by atoms with Crippen LogP contribution in [0.4, 0.5) is 0 Å². The van der Waals surface area contributed by atoms with Crippen molar-refractivity contribution < 1.29 is 0 Å². The van der Waals surface area contributed by atoms with Gasteiger partial charge >= 0.3 is 0 Å². The van der Waals surface area contributed by atoms with Crippen LogP contribution < -0.4 is 5.32 Å². The summed E-state index contributed by atoms with van der Waals surface area (Å²) in [6.45, 7) is 12.7. The molecule has 7 heteroatoms. The van der Waals surface area contributed by atoms with Crippen LogP contribution in [0.15, 0.2) is 41.2 Å². The molecule has 0 saturated carbocycles. The second-order valence-corrected chi connectivity index (χ2v) is 8.77. The quantitative estimate of drug-likeness (QED) is 0.376. The summed E-state index contributed by atoms with van der Waals surface area (Å²) in [5.41, 5.74) is 0.0572. The van der Waals surface area contributed by atoms with E-state index in [2.05, 4.69) is 71.2 Å². The van der Waals surface area contributed by atoms with Crippen LogP contribution in [0.2, 0.25) is 0 Å². The van der Waals surface area contributed by atoms with Gasteiger partial charge in [-0.3, -0.25) is 4.99 Å². The van der Waals surface area contributed by atoms with E-state index in [1.807, 2.05) is 23.9 Å². The average molecular weight is 501 g/mol. The predicted octanol–water partition coefficient (Wildman–Crippen LogP) is 4.39. The Labute approximate surface area is 184 Å². The van der Waals surface area contributed by atoms with Crippen molar-refractivity contribution in [3.05, 3.63) is 41.1 Å². The molecule has 1 N–H and O–H groups in total. The van der Waals surface area contributed by atoms with E-state index in [1.165, 1.54) is 11.3 Å². The normalized spacial score (nSPS) is 21.0. The van der Waals surface area contributed by atoms with E-state index in [1.54, 1.807) is 0 Å². The van der Waals surface area contributed by atoms with Gasteiger partial charge in [0.1, 0.15) is 0 Å². The molecule has 27 heavy (non-hydrogen) atoms. The van der Waals surface area contributed by atoms with E-state index < -0.39 is 0 Å². The van der Waals surface area contributed by atoms with Crippen molar-refractivity contribution in [3.63, 3.8) is 0 Å². The monoisotopic (exact) mass is 501 g/mol. The Morgan fingerprint density at radius 3 is 2.89 bits per heavy atom. The SMILES string of the molecule is CCNC(=NCC(C)(C)c1cccs1)N1CCC(C)C(n2ccnc2)C1.I. The van der Waals surface area contributed by atoms with Crippen LogP contribution in [0, 0.1) is 5.92 Å². The number of nitrogens with zero attached hydrogens (tertiary/aromatic N) is 4. The molecule has 0 radical (unpaired) electrons. The molecular formula is C20H32IN5S. The Morgan fingerprint density at radius 1 is 1.44 bits per heavy atom. The van der Waals surface area contributed by atoms with Gasteiger partial charge in [0.2, 0.25) is 0 Å². The third kappa shape index (κ3) is 5.47. The van der Waals surface area contributed by atoms with E-state index >= 15 is 0 Å². The molecule has 0 aromatic carbocycles. The fraction of sp³-hybridized carbons (Fsp3) is 0.600. The first-order valence-electron chi connectivity index (χ1n) is 9.56. The summed E-state index contributed by atoms with van der Waals surface area (Å²) in [7, 11) is 0. The zero-order valence-corrected chi connectivity index (χ0v) is 19.9.